The lowest BCUT2D eigenvalue weighted by Gasteiger charge is -2.12. The van der Waals surface area contributed by atoms with Crippen LogP contribution in [-0.2, 0) is 0 Å². The fraction of sp³-hybridized carbons (Fsp3) is 0.273. The molecule has 2 aromatic rings. The van der Waals surface area contributed by atoms with Crippen LogP contribution in [0, 0.1) is 0 Å². The average molecular weight is 262 g/mol. The lowest BCUT2D eigenvalue weighted by Crippen LogP contribution is -2.16. The number of pyridine rings is 1. The second-order valence-corrected chi connectivity index (χ2v) is 4.02. The molecule has 100 valence electrons. The SMILES string of the molecule is CC(C)Oc1ncccc1NC(=O)c1nc(N)n[nH]1. The monoisotopic (exact) mass is 262 g/mol. The van der Waals surface area contributed by atoms with Crippen LogP contribution in [0.5, 0.6) is 5.88 Å². The van der Waals surface area contributed by atoms with Crippen LogP contribution in [-0.4, -0.2) is 32.2 Å². The fourth-order valence-corrected chi connectivity index (χ4v) is 1.36. The first-order chi connectivity index (χ1) is 9.06. The van der Waals surface area contributed by atoms with Gasteiger partial charge >= 0.3 is 0 Å². The Morgan fingerprint density at radius 3 is 2.95 bits per heavy atom. The van der Waals surface area contributed by atoms with E-state index in [1.807, 2.05) is 13.8 Å². The van der Waals surface area contributed by atoms with E-state index in [1.165, 1.54) is 0 Å². The summed E-state index contributed by atoms with van der Waals surface area (Å²) in [6, 6.07) is 3.37. The molecule has 0 aliphatic carbocycles. The number of carbonyl (C=O) groups is 1. The minimum atomic E-state index is -0.467. The number of carbonyl (C=O) groups excluding carboxylic acids is 1. The number of nitrogens with one attached hydrogen (secondary N) is 2. The molecule has 0 fully saturated rings. The first kappa shape index (κ1) is 12.8. The predicted molar refractivity (Wildman–Crippen MR) is 68.7 cm³/mol. The van der Waals surface area contributed by atoms with E-state index in [-0.39, 0.29) is 17.9 Å². The molecule has 0 radical (unpaired) electrons. The Labute approximate surface area is 109 Å². The van der Waals surface area contributed by atoms with Gasteiger partial charge in [-0.2, -0.15) is 4.98 Å². The molecule has 8 nitrogen and oxygen atoms in total. The van der Waals surface area contributed by atoms with E-state index in [0.29, 0.717) is 11.6 Å². The average Bonchev–Trinajstić information content (AvgIpc) is 2.78. The van der Waals surface area contributed by atoms with Gasteiger partial charge in [-0.05, 0) is 26.0 Å². The Morgan fingerprint density at radius 2 is 2.32 bits per heavy atom. The summed E-state index contributed by atoms with van der Waals surface area (Å²) in [5, 5.41) is 8.64. The summed E-state index contributed by atoms with van der Waals surface area (Å²) in [5.74, 6) is -0.0871. The van der Waals surface area contributed by atoms with Gasteiger partial charge in [-0.1, -0.05) is 0 Å². The number of H-pyrrole nitrogens is 1. The highest BCUT2D eigenvalue weighted by atomic mass is 16.5. The molecular weight excluding hydrogens is 248 g/mol. The summed E-state index contributed by atoms with van der Waals surface area (Å²) in [4.78, 5) is 19.7. The summed E-state index contributed by atoms with van der Waals surface area (Å²) in [5.41, 5.74) is 5.79. The normalized spacial score (nSPS) is 10.5. The summed E-state index contributed by atoms with van der Waals surface area (Å²) in [6.45, 7) is 3.74. The van der Waals surface area contributed by atoms with Crippen LogP contribution in [0.1, 0.15) is 24.5 Å². The van der Waals surface area contributed by atoms with Crippen molar-refractivity contribution in [3.63, 3.8) is 0 Å². The number of nitrogens with zero attached hydrogens (tertiary/aromatic N) is 3. The number of hydrogen-bond acceptors (Lipinski definition) is 6. The summed E-state index contributed by atoms with van der Waals surface area (Å²) in [7, 11) is 0. The van der Waals surface area contributed by atoms with Gasteiger partial charge in [-0.25, -0.2) is 4.98 Å². The number of nitrogens with two attached hydrogens (primary N) is 1. The van der Waals surface area contributed by atoms with E-state index in [2.05, 4.69) is 25.5 Å². The quantitative estimate of drug-likeness (QED) is 0.750. The molecular formula is C11H14N6O2. The lowest BCUT2D eigenvalue weighted by molar-refractivity contribution is 0.101. The minimum absolute atomic E-state index is 0.00925. The molecule has 0 aliphatic rings. The van der Waals surface area contributed by atoms with Gasteiger partial charge in [-0.15, -0.1) is 5.10 Å². The third-order valence-corrected chi connectivity index (χ3v) is 2.08. The zero-order valence-corrected chi connectivity index (χ0v) is 10.5. The third kappa shape index (κ3) is 3.18. The van der Waals surface area contributed by atoms with E-state index in [4.69, 9.17) is 10.5 Å². The van der Waals surface area contributed by atoms with Gasteiger partial charge in [0.25, 0.3) is 5.91 Å². The second-order valence-electron chi connectivity index (χ2n) is 4.02. The van der Waals surface area contributed by atoms with Crippen molar-refractivity contribution in [2.45, 2.75) is 20.0 Å². The van der Waals surface area contributed by atoms with Gasteiger partial charge in [-0.3, -0.25) is 9.89 Å². The molecule has 2 heterocycles. The number of hydrogen-bond donors (Lipinski definition) is 3. The Kier molecular flexibility index (Phi) is 3.60. The predicted octanol–water partition coefficient (Wildman–Crippen LogP) is 0.821. The van der Waals surface area contributed by atoms with Crippen molar-refractivity contribution in [3.05, 3.63) is 24.2 Å². The molecule has 0 unspecified atom stereocenters. The van der Waals surface area contributed by atoms with Crippen LogP contribution in [0.4, 0.5) is 11.6 Å². The van der Waals surface area contributed by atoms with Crippen LogP contribution in [0.2, 0.25) is 0 Å². The van der Waals surface area contributed by atoms with Crippen LogP contribution in [0.15, 0.2) is 18.3 Å². The third-order valence-electron chi connectivity index (χ3n) is 2.08. The van der Waals surface area contributed by atoms with Crippen LogP contribution < -0.4 is 15.8 Å². The smallest absolute Gasteiger partial charge is 0.293 e. The molecule has 19 heavy (non-hydrogen) atoms. The zero-order chi connectivity index (χ0) is 13.8. The first-order valence-electron chi connectivity index (χ1n) is 5.67. The van der Waals surface area contributed by atoms with Gasteiger partial charge in [0.05, 0.1) is 6.10 Å². The standard InChI is InChI=1S/C11H14N6O2/c1-6(2)19-10-7(4-3-5-13-10)14-9(18)8-15-11(12)17-16-8/h3-6H,1-2H3,(H,14,18)(H3,12,15,16,17). The van der Waals surface area contributed by atoms with Gasteiger partial charge in [0, 0.05) is 6.20 Å². The maximum atomic E-state index is 11.9. The van der Waals surface area contributed by atoms with Crippen LogP contribution in [0.25, 0.3) is 0 Å². The van der Waals surface area contributed by atoms with Crippen molar-refractivity contribution in [2.24, 2.45) is 0 Å². The Hall–Kier alpha value is -2.64. The molecule has 0 bridgehead atoms. The molecule has 2 aromatic heterocycles. The number of aromatic nitrogens is 4. The highest BCUT2D eigenvalue weighted by molar-refractivity contribution is 6.02. The van der Waals surface area contributed by atoms with E-state index in [0.717, 1.165) is 0 Å². The number of ether oxygens (including phenoxy) is 1. The largest absolute Gasteiger partial charge is 0.473 e. The van der Waals surface area contributed by atoms with Gasteiger partial charge < -0.3 is 15.8 Å². The molecule has 1 amide bonds. The Morgan fingerprint density at radius 1 is 1.53 bits per heavy atom. The Bertz CT molecular complexity index is 580. The van der Waals surface area contributed by atoms with Crippen molar-refractivity contribution in [1.29, 1.82) is 0 Å². The summed E-state index contributed by atoms with van der Waals surface area (Å²) < 4.78 is 5.49. The number of nitrogen functional groups attached to an aromatic ring is 1. The number of aromatic amines is 1. The molecule has 0 atom stereocenters. The topological polar surface area (TPSA) is 119 Å². The van der Waals surface area contributed by atoms with Crippen LogP contribution >= 0.6 is 0 Å². The van der Waals surface area contributed by atoms with Gasteiger partial charge in [0.2, 0.25) is 17.7 Å². The highest BCUT2D eigenvalue weighted by Crippen LogP contribution is 2.22. The molecule has 0 aromatic carbocycles. The number of amides is 1. The highest BCUT2D eigenvalue weighted by Gasteiger charge is 2.14. The molecule has 0 saturated carbocycles. The number of rotatable bonds is 4. The van der Waals surface area contributed by atoms with Crippen molar-refractivity contribution in [2.75, 3.05) is 11.1 Å². The van der Waals surface area contributed by atoms with Crippen molar-refractivity contribution >= 4 is 17.5 Å². The van der Waals surface area contributed by atoms with Crippen molar-refractivity contribution in [1.82, 2.24) is 20.2 Å². The fourth-order valence-electron chi connectivity index (χ4n) is 1.36. The maximum absolute atomic E-state index is 11.9. The van der Waals surface area contributed by atoms with Crippen molar-refractivity contribution in [3.8, 4) is 5.88 Å². The molecule has 2 rings (SSSR count). The minimum Gasteiger partial charge on any atom is -0.473 e. The first-order valence-corrected chi connectivity index (χ1v) is 5.67. The van der Waals surface area contributed by atoms with Gasteiger partial charge in [0.15, 0.2) is 0 Å². The molecule has 0 spiro atoms. The van der Waals surface area contributed by atoms with Crippen LogP contribution in [0.3, 0.4) is 0 Å². The molecule has 0 saturated heterocycles. The van der Waals surface area contributed by atoms with E-state index in [9.17, 15) is 4.79 Å². The molecule has 4 N–H and O–H groups in total. The van der Waals surface area contributed by atoms with Gasteiger partial charge in [0.1, 0.15) is 5.69 Å². The summed E-state index contributed by atoms with van der Waals surface area (Å²) >= 11 is 0. The van der Waals surface area contributed by atoms with Crippen molar-refractivity contribution < 1.29 is 9.53 Å². The second kappa shape index (κ2) is 5.34. The summed E-state index contributed by atoms with van der Waals surface area (Å²) in [6.07, 6.45) is 1.53. The number of anilines is 2. The van der Waals surface area contributed by atoms with E-state index < -0.39 is 5.91 Å². The zero-order valence-electron chi connectivity index (χ0n) is 10.5. The molecule has 8 heteroatoms. The molecule has 0 aliphatic heterocycles. The Balaban J connectivity index is 2.16. The maximum Gasteiger partial charge on any atom is 0.293 e. The van der Waals surface area contributed by atoms with E-state index in [1.54, 1.807) is 18.3 Å². The lowest BCUT2D eigenvalue weighted by atomic mass is 10.3. The van der Waals surface area contributed by atoms with E-state index >= 15 is 0 Å².